The predicted molar refractivity (Wildman–Crippen MR) is 78.5 cm³/mol. The molecule has 3 heteroatoms. The Hall–Kier alpha value is -1.35. The van der Waals surface area contributed by atoms with E-state index < -0.39 is 0 Å². The standard InChI is InChI=1S/C17H23NO2/c19-17(16-9-5-13-20-16)18-12-4-8-15(18)11-10-14-6-2-1-3-7-14/h1-3,6-7,15-16H,4-5,8-13H2. The summed E-state index contributed by atoms with van der Waals surface area (Å²) >= 11 is 0. The van der Waals surface area contributed by atoms with E-state index in [1.165, 1.54) is 5.56 Å². The van der Waals surface area contributed by atoms with Gasteiger partial charge in [-0.05, 0) is 44.1 Å². The highest BCUT2D eigenvalue weighted by Crippen LogP contribution is 2.25. The molecule has 108 valence electrons. The van der Waals surface area contributed by atoms with Gasteiger partial charge in [0, 0.05) is 19.2 Å². The lowest BCUT2D eigenvalue weighted by molar-refractivity contribution is -0.141. The Morgan fingerprint density at radius 1 is 1.20 bits per heavy atom. The van der Waals surface area contributed by atoms with Crippen LogP contribution in [0.4, 0.5) is 0 Å². The maximum atomic E-state index is 12.5. The van der Waals surface area contributed by atoms with Crippen molar-refractivity contribution in [2.75, 3.05) is 13.2 Å². The average molecular weight is 273 g/mol. The molecule has 0 N–H and O–H groups in total. The summed E-state index contributed by atoms with van der Waals surface area (Å²) in [6.45, 7) is 1.66. The average Bonchev–Trinajstić information content (AvgIpc) is 3.17. The SMILES string of the molecule is O=C(C1CCCO1)N1CCCC1CCc1ccccc1. The van der Waals surface area contributed by atoms with Crippen LogP contribution in [0.3, 0.4) is 0 Å². The number of rotatable bonds is 4. The van der Waals surface area contributed by atoms with Gasteiger partial charge in [-0.15, -0.1) is 0 Å². The summed E-state index contributed by atoms with van der Waals surface area (Å²) in [7, 11) is 0. The zero-order valence-corrected chi connectivity index (χ0v) is 12.0. The minimum Gasteiger partial charge on any atom is -0.368 e. The largest absolute Gasteiger partial charge is 0.368 e. The molecule has 2 aliphatic heterocycles. The number of hydrogen-bond donors (Lipinski definition) is 0. The van der Waals surface area contributed by atoms with E-state index >= 15 is 0 Å². The molecule has 0 aliphatic carbocycles. The quantitative estimate of drug-likeness (QED) is 0.844. The van der Waals surface area contributed by atoms with Gasteiger partial charge in [0.15, 0.2) is 0 Å². The fraction of sp³-hybridized carbons (Fsp3) is 0.588. The Balaban J connectivity index is 1.56. The second-order valence-corrected chi connectivity index (χ2v) is 5.85. The molecule has 1 aromatic carbocycles. The summed E-state index contributed by atoms with van der Waals surface area (Å²) in [5.41, 5.74) is 1.36. The third-order valence-electron chi connectivity index (χ3n) is 4.47. The molecule has 0 bridgehead atoms. The van der Waals surface area contributed by atoms with Gasteiger partial charge < -0.3 is 9.64 Å². The molecule has 0 aromatic heterocycles. The van der Waals surface area contributed by atoms with Crippen molar-refractivity contribution >= 4 is 5.91 Å². The monoisotopic (exact) mass is 273 g/mol. The van der Waals surface area contributed by atoms with Crippen molar-refractivity contribution in [3.05, 3.63) is 35.9 Å². The first kappa shape index (κ1) is 13.6. The molecule has 20 heavy (non-hydrogen) atoms. The van der Waals surface area contributed by atoms with Crippen molar-refractivity contribution in [3.63, 3.8) is 0 Å². The fourth-order valence-corrected chi connectivity index (χ4v) is 3.36. The molecule has 2 aliphatic rings. The van der Waals surface area contributed by atoms with E-state index in [-0.39, 0.29) is 12.0 Å². The number of likely N-dealkylation sites (tertiary alicyclic amines) is 1. The lowest BCUT2D eigenvalue weighted by atomic mass is 10.0. The molecule has 1 amide bonds. The Morgan fingerprint density at radius 2 is 2.05 bits per heavy atom. The molecule has 2 unspecified atom stereocenters. The number of amides is 1. The smallest absolute Gasteiger partial charge is 0.251 e. The van der Waals surface area contributed by atoms with Crippen LogP contribution in [0, 0.1) is 0 Å². The molecule has 0 radical (unpaired) electrons. The molecule has 2 heterocycles. The third kappa shape index (κ3) is 3.04. The summed E-state index contributed by atoms with van der Waals surface area (Å²) < 4.78 is 5.55. The van der Waals surface area contributed by atoms with Crippen molar-refractivity contribution in [2.24, 2.45) is 0 Å². The van der Waals surface area contributed by atoms with Crippen molar-refractivity contribution in [1.29, 1.82) is 0 Å². The van der Waals surface area contributed by atoms with Gasteiger partial charge in [0.2, 0.25) is 0 Å². The minimum atomic E-state index is -0.160. The van der Waals surface area contributed by atoms with Crippen molar-refractivity contribution < 1.29 is 9.53 Å². The number of ether oxygens (including phenoxy) is 1. The fourth-order valence-electron chi connectivity index (χ4n) is 3.36. The summed E-state index contributed by atoms with van der Waals surface area (Å²) in [4.78, 5) is 14.6. The first-order valence-electron chi connectivity index (χ1n) is 7.80. The van der Waals surface area contributed by atoms with E-state index in [0.29, 0.717) is 6.04 Å². The molecule has 2 fully saturated rings. The summed E-state index contributed by atoms with van der Waals surface area (Å²) in [6, 6.07) is 11.0. The topological polar surface area (TPSA) is 29.5 Å². The highest BCUT2D eigenvalue weighted by atomic mass is 16.5. The second-order valence-electron chi connectivity index (χ2n) is 5.85. The Bertz CT molecular complexity index is 440. The minimum absolute atomic E-state index is 0.160. The molecule has 3 nitrogen and oxygen atoms in total. The van der Waals surface area contributed by atoms with Crippen LogP contribution in [0.1, 0.15) is 37.7 Å². The zero-order valence-electron chi connectivity index (χ0n) is 12.0. The van der Waals surface area contributed by atoms with Gasteiger partial charge in [0.25, 0.3) is 5.91 Å². The van der Waals surface area contributed by atoms with Gasteiger partial charge in [-0.25, -0.2) is 0 Å². The molecule has 0 spiro atoms. The first-order chi connectivity index (χ1) is 9.84. The Labute approximate surface area is 120 Å². The molecular weight excluding hydrogens is 250 g/mol. The van der Waals surface area contributed by atoms with E-state index in [9.17, 15) is 4.79 Å². The van der Waals surface area contributed by atoms with E-state index in [2.05, 4.69) is 29.2 Å². The van der Waals surface area contributed by atoms with E-state index in [1.807, 2.05) is 6.07 Å². The van der Waals surface area contributed by atoms with Gasteiger partial charge in [-0.3, -0.25) is 4.79 Å². The van der Waals surface area contributed by atoms with Crippen LogP contribution in [0.2, 0.25) is 0 Å². The predicted octanol–water partition coefficient (Wildman–Crippen LogP) is 2.79. The lowest BCUT2D eigenvalue weighted by Crippen LogP contribution is -2.42. The number of benzene rings is 1. The maximum Gasteiger partial charge on any atom is 0.251 e. The van der Waals surface area contributed by atoms with Crippen LogP contribution < -0.4 is 0 Å². The molecule has 2 atom stereocenters. The van der Waals surface area contributed by atoms with E-state index in [1.54, 1.807) is 0 Å². The van der Waals surface area contributed by atoms with Gasteiger partial charge in [-0.2, -0.15) is 0 Å². The van der Waals surface area contributed by atoms with Crippen LogP contribution >= 0.6 is 0 Å². The second kappa shape index (κ2) is 6.40. The molecule has 0 saturated carbocycles. The third-order valence-corrected chi connectivity index (χ3v) is 4.47. The number of nitrogens with zero attached hydrogens (tertiary/aromatic N) is 1. The van der Waals surface area contributed by atoms with Crippen molar-refractivity contribution in [1.82, 2.24) is 4.90 Å². The van der Waals surface area contributed by atoms with Crippen molar-refractivity contribution in [2.45, 2.75) is 50.7 Å². The van der Waals surface area contributed by atoms with Crippen molar-refractivity contribution in [3.8, 4) is 0 Å². The summed E-state index contributed by atoms with van der Waals surface area (Å²) in [5, 5.41) is 0. The Morgan fingerprint density at radius 3 is 2.80 bits per heavy atom. The van der Waals surface area contributed by atoms with Crippen LogP contribution in [0.25, 0.3) is 0 Å². The number of carbonyl (C=O) groups is 1. The molecule has 1 aromatic rings. The highest BCUT2D eigenvalue weighted by Gasteiger charge is 2.34. The van der Waals surface area contributed by atoms with Gasteiger partial charge >= 0.3 is 0 Å². The first-order valence-corrected chi connectivity index (χ1v) is 7.80. The lowest BCUT2D eigenvalue weighted by Gasteiger charge is -2.27. The molecule has 2 saturated heterocycles. The van der Waals surface area contributed by atoms with Gasteiger partial charge in [0.1, 0.15) is 6.10 Å². The number of carbonyl (C=O) groups excluding carboxylic acids is 1. The normalized spacial score (nSPS) is 26.1. The zero-order chi connectivity index (χ0) is 13.8. The van der Waals surface area contributed by atoms with E-state index in [4.69, 9.17) is 4.74 Å². The molecular formula is C17H23NO2. The summed E-state index contributed by atoms with van der Waals surface area (Å²) in [5.74, 6) is 0.234. The Kier molecular flexibility index (Phi) is 4.36. The van der Waals surface area contributed by atoms with Gasteiger partial charge in [0.05, 0.1) is 0 Å². The van der Waals surface area contributed by atoms with Crippen LogP contribution in [0.15, 0.2) is 30.3 Å². The highest BCUT2D eigenvalue weighted by molar-refractivity contribution is 5.81. The molecule has 3 rings (SSSR count). The maximum absolute atomic E-state index is 12.5. The van der Waals surface area contributed by atoms with E-state index in [0.717, 1.165) is 51.7 Å². The van der Waals surface area contributed by atoms with Gasteiger partial charge in [-0.1, -0.05) is 30.3 Å². The van der Waals surface area contributed by atoms with Crippen LogP contribution in [-0.2, 0) is 16.0 Å². The van der Waals surface area contributed by atoms with Crippen LogP contribution in [-0.4, -0.2) is 36.1 Å². The number of hydrogen-bond acceptors (Lipinski definition) is 2. The summed E-state index contributed by atoms with van der Waals surface area (Å²) in [6.07, 6.45) is 6.18. The number of aryl methyl sites for hydroxylation is 1. The van der Waals surface area contributed by atoms with Crippen LogP contribution in [0.5, 0.6) is 0 Å².